The SMILES string of the molecule is Cc1occc1C(=O)Nc1nc(CC(=O)N2CC[C@@H](N)C2)cs1. The molecule has 0 spiro atoms. The Hall–Kier alpha value is -2.19. The van der Waals surface area contributed by atoms with Crippen molar-refractivity contribution in [1.82, 2.24) is 9.88 Å². The second-order valence-corrected chi connectivity index (χ2v) is 6.41. The van der Waals surface area contributed by atoms with Crippen LogP contribution in [0.4, 0.5) is 5.13 Å². The molecular weight excluding hydrogens is 316 g/mol. The van der Waals surface area contributed by atoms with E-state index >= 15 is 0 Å². The quantitative estimate of drug-likeness (QED) is 0.880. The molecule has 0 aromatic carbocycles. The van der Waals surface area contributed by atoms with E-state index < -0.39 is 0 Å². The number of amides is 2. The van der Waals surface area contributed by atoms with Crippen LogP contribution in [0, 0.1) is 6.92 Å². The van der Waals surface area contributed by atoms with Crippen molar-refractivity contribution in [3.63, 3.8) is 0 Å². The topological polar surface area (TPSA) is 101 Å². The Morgan fingerprint density at radius 1 is 1.57 bits per heavy atom. The number of rotatable bonds is 4. The summed E-state index contributed by atoms with van der Waals surface area (Å²) in [4.78, 5) is 30.3. The highest BCUT2D eigenvalue weighted by Crippen LogP contribution is 2.19. The van der Waals surface area contributed by atoms with Gasteiger partial charge < -0.3 is 15.1 Å². The van der Waals surface area contributed by atoms with Gasteiger partial charge >= 0.3 is 0 Å². The molecule has 2 aromatic rings. The molecular formula is C15H18N4O3S. The standard InChI is InChI=1S/C15H18N4O3S/c1-9-12(3-5-22-9)14(21)18-15-17-11(8-23-15)6-13(20)19-4-2-10(16)7-19/h3,5,8,10H,2,4,6-7,16H2,1H3,(H,17,18,21)/t10-/m1/s1. The van der Waals surface area contributed by atoms with Gasteiger partial charge in [0.25, 0.3) is 5.91 Å². The molecule has 0 radical (unpaired) electrons. The fraction of sp³-hybridized carbons (Fsp3) is 0.400. The van der Waals surface area contributed by atoms with E-state index in [2.05, 4.69) is 10.3 Å². The Kier molecular flexibility index (Phi) is 4.44. The second-order valence-electron chi connectivity index (χ2n) is 5.55. The van der Waals surface area contributed by atoms with Gasteiger partial charge in [-0.15, -0.1) is 11.3 Å². The fourth-order valence-electron chi connectivity index (χ4n) is 2.51. The first kappa shape index (κ1) is 15.7. The van der Waals surface area contributed by atoms with Crippen LogP contribution in [0.1, 0.15) is 28.2 Å². The lowest BCUT2D eigenvalue weighted by molar-refractivity contribution is -0.129. The monoisotopic (exact) mass is 334 g/mol. The van der Waals surface area contributed by atoms with Crippen LogP contribution in [-0.2, 0) is 11.2 Å². The first-order valence-electron chi connectivity index (χ1n) is 7.36. The van der Waals surface area contributed by atoms with E-state index in [1.165, 1.54) is 17.6 Å². The maximum atomic E-state index is 12.2. The lowest BCUT2D eigenvalue weighted by Gasteiger charge is -2.14. The summed E-state index contributed by atoms with van der Waals surface area (Å²) in [6.07, 6.45) is 2.54. The van der Waals surface area contributed by atoms with Crippen LogP contribution in [0.5, 0.6) is 0 Å². The number of hydrogen-bond acceptors (Lipinski definition) is 6. The smallest absolute Gasteiger partial charge is 0.260 e. The summed E-state index contributed by atoms with van der Waals surface area (Å²) in [5, 5.41) is 4.97. The normalized spacial score (nSPS) is 17.5. The highest BCUT2D eigenvalue weighted by Gasteiger charge is 2.24. The zero-order chi connectivity index (χ0) is 16.4. The Labute approximate surface area is 137 Å². The van der Waals surface area contributed by atoms with E-state index in [9.17, 15) is 9.59 Å². The van der Waals surface area contributed by atoms with Gasteiger partial charge in [0.05, 0.1) is 23.9 Å². The third-order valence-corrected chi connectivity index (χ3v) is 4.59. The Bertz CT molecular complexity index is 724. The van der Waals surface area contributed by atoms with Crippen molar-refractivity contribution < 1.29 is 14.0 Å². The highest BCUT2D eigenvalue weighted by molar-refractivity contribution is 7.14. The molecule has 2 amide bonds. The molecule has 1 atom stereocenters. The van der Waals surface area contributed by atoms with Crippen LogP contribution in [0.25, 0.3) is 0 Å². The second kappa shape index (κ2) is 6.51. The number of carbonyl (C=O) groups is 2. The third-order valence-electron chi connectivity index (χ3n) is 3.79. The van der Waals surface area contributed by atoms with Crippen LogP contribution in [-0.4, -0.2) is 40.8 Å². The van der Waals surface area contributed by atoms with Crippen LogP contribution in [0.2, 0.25) is 0 Å². The zero-order valence-electron chi connectivity index (χ0n) is 12.7. The largest absolute Gasteiger partial charge is 0.469 e. The number of furan rings is 1. The molecule has 0 unspecified atom stereocenters. The number of nitrogens with two attached hydrogens (primary N) is 1. The van der Waals surface area contributed by atoms with Crippen LogP contribution in [0.15, 0.2) is 22.1 Å². The Morgan fingerprint density at radius 2 is 2.39 bits per heavy atom. The summed E-state index contributed by atoms with van der Waals surface area (Å²) in [5.74, 6) is 0.306. The van der Waals surface area contributed by atoms with Crippen molar-refractivity contribution in [2.45, 2.75) is 25.8 Å². The van der Waals surface area contributed by atoms with Gasteiger partial charge in [0.15, 0.2) is 5.13 Å². The predicted molar refractivity (Wildman–Crippen MR) is 86.4 cm³/mol. The number of anilines is 1. The van der Waals surface area contributed by atoms with E-state index in [0.29, 0.717) is 35.2 Å². The van der Waals surface area contributed by atoms with E-state index in [0.717, 1.165) is 6.42 Å². The molecule has 1 saturated heterocycles. The Balaban J connectivity index is 1.59. The number of hydrogen-bond donors (Lipinski definition) is 2. The van der Waals surface area contributed by atoms with Gasteiger partial charge in [-0.05, 0) is 19.4 Å². The number of thiazole rings is 1. The van der Waals surface area contributed by atoms with E-state index in [1.54, 1.807) is 23.3 Å². The van der Waals surface area contributed by atoms with E-state index in [1.807, 2.05) is 0 Å². The fourth-order valence-corrected chi connectivity index (χ4v) is 3.22. The molecule has 3 N–H and O–H groups in total. The van der Waals surface area contributed by atoms with Crippen molar-refractivity contribution in [2.75, 3.05) is 18.4 Å². The average molecular weight is 334 g/mol. The molecule has 122 valence electrons. The summed E-state index contributed by atoms with van der Waals surface area (Å²) in [6.45, 7) is 3.03. The molecule has 0 aliphatic carbocycles. The average Bonchev–Trinajstić information content (AvgIpc) is 3.21. The molecule has 1 aliphatic heterocycles. The highest BCUT2D eigenvalue weighted by atomic mass is 32.1. The van der Waals surface area contributed by atoms with Crippen molar-refractivity contribution in [3.8, 4) is 0 Å². The molecule has 23 heavy (non-hydrogen) atoms. The van der Waals surface area contributed by atoms with E-state index in [-0.39, 0.29) is 24.3 Å². The van der Waals surface area contributed by atoms with Crippen molar-refractivity contribution >= 4 is 28.3 Å². The van der Waals surface area contributed by atoms with E-state index in [4.69, 9.17) is 10.2 Å². The molecule has 1 fully saturated rings. The predicted octanol–water partition coefficient (Wildman–Crippen LogP) is 1.40. The maximum Gasteiger partial charge on any atom is 0.260 e. The Morgan fingerprint density at radius 3 is 3.04 bits per heavy atom. The minimum absolute atomic E-state index is 0.0202. The molecule has 1 aliphatic rings. The van der Waals surface area contributed by atoms with Gasteiger partial charge in [0, 0.05) is 24.5 Å². The minimum atomic E-state index is -0.269. The molecule has 0 saturated carbocycles. The number of nitrogens with zero attached hydrogens (tertiary/aromatic N) is 2. The lowest BCUT2D eigenvalue weighted by Crippen LogP contribution is -2.33. The number of aryl methyl sites for hydroxylation is 1. The summed E-state index contributed by atoms with van der Waals surface area (Å²) in [6, 6.07) is 1.68. The van der Waals surface area contributed by atoms with Crippen molar-refractivity contribution in [3.05, 3.63) is 34.7 Å². The first-order valence-corrected chi connectivity index (χ1v) is 8.24. The van der Waals surface area contributed by atoms with Crippen LogP contribution >= 0.6 is 11.3 Å². The first-order chi connectivity index (χ1) is 11.0. The summed E-state index contributed by atoms with van der Waals surface area (Å²) in [7, 11) is 0. The third kappa shape index (κ3) is 3.59. The van der Waals surface area contributed by atoms with Gasteiger partial charge in [-0.3, -0.25) is 14.9 Å². The number of carbonyl (C=O) groups excluding carboxylic acids is 2. The molecule has 3 heterocycles. The van der Waals surface area contributed by atoms with Gasteiger partial charge in [0.2, 0.25) is 5.91 Å². The van der Waals surface area contributed by atoms with Gasteiger partial charge in [-0.2, -0.15) is 0 Å². The van der Waals surface area contributed by atoms with Crippen molar-refractivity contribution in [2.24, 2.45) is 5.73 Å². The number of aromatic nitrogens is 1. The number of likely N-dealkylation sites (tertiary alicyclic amines) is 1. The summed E-state index contributed by atoms with van der Waals surface area (Å²) < 4.78 is 5.11. The lowest BCUT2D eigenvalue weighted by atomic mass is 10.2. The van der Waals surface area contributed by atoms with Crippen LogP contribution in [0.3, 0.4) is 0 Å². The minimum Gasteiger partial charge on any atom is -0.469 e. The zero-order valence-corrected chi connectivity index (χ0v) is 13.6. The molecule has 3 rings (SSSR count). The van der Waals surface area contributed by atoms with Crippen molar-refractivity contribution in [1.29, 1.82) is 0 Å². The van der Waals surface area contributed by atoms with Gasteiger partial charge in [-0.25, -0.2) is 4.98 Å². The molecule has 2 aromatic heterocycles. The summed E-state index contributed by atoms with van der Waals surface area (Å²) >= 11 is 1.30. The summed E-state index contributed by atoms with van der Waals surface area (Å²) in [5.41, 5.74) is 6.94. The molecule has 8 heteroatoms. The molecule has 0 bridgehead atoms. The maximum absolute atomic E-state index is 12.2. The number of nitrogens with one attached hydrogen (secondary N) is 1. The van der Waals surface area contributed by atoms with Gasteiger partial charge in [0.1, 0.15) is 5.76 Å². The van der Waals surface area contributed by atoms with Crippen LogP contribution < -0.4 is 11.1 Å². The molecule has 7 nitrogen and oxygen atoms in total. The van der Waals surface area contributed by atoms with Gasteiger partial charge in [-0.1, -0.05) is 0 Å².